The summed E-state index contributed by atoms with van der Waals surface area (Å²) in [7, 11) is 4.32. The van der Waals surface area contributed by atoms with Gasteiger partial charge in [-0.3, -0.25) is 9.69 Å². The van der Waals surface area contributed by atoms with Crippen LogP contribution in [0, 0.1) is 5.82 Å². The van der Waals surface area contributed by atoms with Gasteiger partial charge in [-0.1, -0.05) is 12.1 Å². The normalized spacial score (nSPS) is 10.7. The molecule has 0 bridgehead atoms. The third-order valence-electron chi connectivity index (χ3n) is 5.05. The Hall–Kier alpha value is -2.93. The van der Waals surface area contributed by atoms with Crippen LogP contribution in [0.4, 0.5) is 4.39 Å². The van der Waals surface area contributed by atoms with E-state index in [1.54, 1.807) is 25.3 Å². The Bertz CT molecular complexity index is 854. The number of unbranched alkanes of at least 4 members (excludes halogenated alkanes) is 1. The summed E-state index contributed by atoms with van der Waals surface area (Å²) >= 11 is 0. The maximum absolute atomic E-state index is 13.7. The van der Waals surface area contributed by atoms with Crippen LogP contribution in [0.1, 0.15) is 40.7 Å². The highest BCUT2D eigenvalue weighted by Gasteiger charge is 2.12. The minimum atomic E-state index is -0.371. The Balaban J connectivity index is 2.04. The van der Waals surface area contributed by atoms with Crippen molar-refractivity contribution in [1.82, 2.24) is 4.90 Å². The second-order valence-corrected chi connectivity index (χ2v) is 7.20. The van der Waals surface area contributed by atoms with Crippen LogP contribution in [0.3, 0.4) is 0 Å². The van der Waals surface area contributed by atoms with Gasteiger partial charge in [0.25, 0.3) is 0 Å². The van der Waals surface area contributed by atoms with Gasteiger partial charge in [-0.05, 0) is 67.3 Å². The molecule has 7 heteroatoms. The summed E-state index contributed by atoms with van der Waals surface area (Å²) in [4.78, 5) is 25.2. The molecule has 0 atom stereocenters. The zero-order chi connectivity index (χ0) is 22.6. The Labute approximate surface area is 182 Å². The highest BCUT2D eigenvalue weighted by Crippen LogP contribution is 2.21. The molecule has 0 aliphatic rings. The standard InChI is InChI=1S/C24H30FNO5/c1-29-22-12-11-21(25)16-20(22)13-15-26(14-5-4-6-23(27)30-2)17-18-7-9-19(10-8-18)24(28)31-3/h7-12,16H,4-6,13-15,17H2,1-3H3. The van der Waals surface area contributed by atoms with Crippen LogP contribution >= 0.6 is 0 Å². The molecule has 0 aliphatic heterocycles. The van der Waals surface area contributed by atoms with E-state index in [1.165, 1.54) is 26.4 Å². The second kappa shape index (κ2) is 12.7. The Morgan fingerprint density at radius 2 is 1.68 bits per heavy atom. The maximum Gasteiger partial charge on any atom is 0.337 e. The van der Waals surface area contributed by atoms with Crippen molar-refractivity contribution in [2.24, 2.45) is 0 Å². The molecular weight excluding hydrogens is 401 g/mol. The summed E-state index contributed by atoms with van der Waals surface area (Å²) in [5.74, 6) is -0.216. The van der Waals surface area contributed by atoms with E-state index in [9.17, 15) is 14.0 Å². The van der Waals surface area contributed by atoms with Crippen molar-refractivity contribution >= 4 is 11.9 Å². The summed E-state index contributed by atoms with van der Waals surface area (Å²) in [5.41, 5.74) is 2.36. The number of carbonyl (C=O) groups excluding carboxylic acids is 2. The zero-order valence-corrected chi connectivity index (χ0v) is 18.4. The molecule has 0 aliphatic carbocycles. The molecule has 0 heterocycles. The lowest BCUT2D eigenvalue weighted by Gasteiger charge is -2.23. The van der Waals surface area contributed by atoms with E-state index < -0.39 is 0 Å². The largest absolute Gasteiger partial charge is 0.496 e. The van der Waals surface area contributed by atoms with Gasteiger partial charge in [0.1, 0.15) is 11.6 Å². The molecule has 0 amide bonds. The van der Waals surface area contributed by atoms with E-state index >= 15 is 0 Å². The number of benzene rings is 2. The Kier molecular flexibility index (Phi) is 9.97. The van der Waals surface area contributed by atoms with Crippen LogP contribution in [0.2, 0.25) is 0 Å². The average Bonchev–Trinajstić information content (AvgIpc) is 2.79. The van der Waals surface area contributed by atoms with Gasteiger partial charge in [0.2, 0.25) is 0 Å². The zero-order valence-electron chi connectivity index (χ0n) is 18.4. The van der Waals surface area contributed by atoms with E-state index in [4.69, 9.17) is 14.2 Å². The van der Waals surface area contributed by atoms with E-state index in [0.717, 1.165) is 30.5 Å². The third kappa shape index (κ3) is 8.02. The number of methoxy groups -OCH3 is 3. The SMILES string of the molecule is COC(=O)CCCCN(CCc1cc(F)ccc1OC)Cc1ccc(C(=O)OC)cc1. The fraction of sp³-hybridized carbons (Fsp3) is 0.417. The molecule has 2 aromatic carbocycles. The first-order valence-electron chi connectivity index (χ1n) is 10.3. The lowest BCUT2D eigenvalue weighted by Crippen LogP contribution is -2.27. The predicted molar refractivity (Wildman–Crippen MR) is 116 cm³/mol. The fourth-order valence-corrected chi connectivity index (χ4v) is 3.32. The Morgan fingerprint density at radius 3 is 2.32 bits per heavy atom. The number of rotatable bonds is 12. The van der Waals surface area contributed by atoms with Gasteiger partial charge in [-0.15, -0.1) is 0 Å². The van der Waals surface area contributed by atoms with Gasteiger partial charge in [0.05, 0.1) is 26.9 Å². The molecule has 0 saturated heterocycles. The number of esters is 2. The lowest BCUT2D eigenvalue weighted by molar-refractivity contribution is -0.140. The minimum absolute atomic E-state index is 0.213. The monoisotopic (exact) mass is 431 g/mol. The van der Waals surface area contributed by atoms with Crippen molar-refractivity contribution < 1.29 is 28.2 Å². The first kappa shape index (κ1) is 24.3. The Morgan fingerprint density at radius 1 is 0.935 bits per heavy atom. The predicted octanol–water partition coefficient (Wildman–Crippen LogP) is 4.01. The number of carbonyl (C=O) groups is 2. The number of nitrogens with zero attached hydrogens (tertiary/aromatic N) is 1. The van der Waals surface area contributed by atoms with E-state index in [-0.39, 0.29) is 17.8 Å². The quantitative estimate of drug-likeness (QED) is 0.374. The molecule has 0 radical (unpaired) electrons. The molecule has 0 N–H and O–H groups in total. The molecular formula is C24H30FNO5. The summed E-state index contributed by atoms with van der Waals surface area (Å²) < 4.78 is 28.5. The average molecular weight is 432 g/mol. The topological polar surface area (TPSA) is 65.1 Å². The summed E-state index contributed by atoms with van der Waals surface area (Å²) in [6.07, 6.45) is 2.57. The summed E-state index contributed by atoms with van der Waals surface area (Å²) in [6, 6.07) is 11.8. The first-order chi connectivity index (χ1) is 15.0. The molecule has 2 aromatic rings. The number of hydrogen-bond donors (Lipinski definition) is 0. The van der Waals surface area contributed by atoms with Crippen LogP contribution in [-0.2, 0) is 27.2 Å². The van der Waals surface area contributed by atoms with Gasteiger partial charge in [-0.2, -0.15) is 0 Å². The smallest absolute Gasteiger partial charge is 0.337 e. The molecule has 0 unspecified atom stereocenters. The van der Waals surface area contributed by atoms with Gasteiger partial charge in [-0.25, -0.2) is 9.18 Å². The maximum atomic E-state index is 13.7. The number of hydrogen-bond acceptors (Lipinski definition) is 6. The van der Waals surface area contributed by atoms with Crippen LogP contribution in [0.25, 0.3) is 0 Å². The lowest BCUT2D eigenvalue weighted by atomic mass is 10.1. The van der Waals surface area contributed by atoms with Crippen molar-refractivity contribution in [2.45, 2.75) is 32.2 Å². The molecule has 31 heavy (non-hydrogen) atoms. The second-order valence-electron chi connectivity index (χ2n) is 7.20. The van der Waals surface area contributed by atoms with Crippen molar-refractivity contribution in [3.8, 4) is 5.75 Å². The van der Waals surface area contributed by atoms with E-state index in [2.05, 4.69) is 4.90 Å². The molecule has 6 nitrogen and oxygen atoms in total. The number of ether oxygens (including phenoxy) is 3. The van der Waals surface area contributed by atoms with E-state index in [0.29, 0.717) is 37.2 Å². The summed E-state index contributed by atoms with van der Waals surface area (Å²) in [5, 5.41) is 0. The van der Waals surface area contributed by atoms with Gasteiger partial charge < -0.3 is 14.2 Å². The molecule has 0 aromatic heterocycles. The van der Waals surface area contributed by atoms with Crippen molar-refractivity contribution in [3.05, 3.63) is 65.0 Å². The molecule has 0 fully saturated rings. The van der Waals surface area contributed by atoms with Crippen LogP contribution in [0.5, 0.6) is 5.75 Å². The fourth-order valence-electron chi connectivity index (χ4n) is 3.32. The molecule has 0 spiro atoms. The van der Waals surface area contributed by atoms with Crippen molar-refractivity contribution in [2.75, 3.05) is 34.4 Å². The van der Waals surface area contributed by atoms with Gasteiger partial charge >= 0.3 is 11.9 Å². The third-order valence-corrected chi connectivity index (χ3v) is 5.05. The van der Waals surface area contributed by atoms with Gasteiger partial charge in [0, 0.05) is 19.5 Å². The highest BCUT2D eigenvalue weighted by molar-refractivity contribution is 5.89. The minimum Gasteiger partial charge on any atom is -0.496 e. The molecule has 168 valence electrons. The molecule has 2 rings (SSSR count). The van der Waals surface area contributed by atoms with Gasteiger partial charge in [0.15, 0.2) is 0 Å². The number of halogens is 1. The highest BCUT2D eigenvalue weighted by atomic mass is 19.1. The molecule has 0 saturated carbocycles. The van der Waals surface area contributed by atoms with Crippen molar-refractivity contribution in [3.63, 3.8) is 0 Å². The van der Waals surface area contributed by atoms with Crippen molar-refractivity contribution in [1.29, 1.82) is 0 Å². The first-order valence-corrected chi connectivity index (χ1v) is 10.3. The van der Waals surface area contributed by atoms with Crippen LogP contribution in [0.15, 0.2) is 42.5 Å². The summed E-state index contributed by atoms with van der Waals surface area (Å²) in [6.45, 7) is 2.13. The van der Waals surface area contributed by atoms with E-state index in [1.807, 2.05) is 12.1 Å². The van der Waals surface area contributed by atoms with Crippen LogP contribution < -0.4 is 4.74 Å². The van der Waals surface area contributed by atoms with Crippen LogP contribution in [-0.4, -0.2) is 51.3 Å².